The van der Waals surface area contributed by atoms with E-state index in [1.54, 1.807) is 11.6 Å². The molecule has 1 aliphatic rings. The van der Waals surface area contributed by atoms with Crippen LogP contribution < -0.4 is 0 Å². The molecule has 0 bridgehead atoms. The van der Waals surface area contributed by atoms with Crippen molar-refractivity contribution >= 4 is 5.97 Å². The van der Waals surface area contributed by atoms with Crippen molar-refractivity contribution < 1.29 is 14.3 Å². The molecule has 2 heterocycles. The molecule has 0 N–H and O–H groups in total. The summed E-state index contributed by atoms with van der Waals surface area (Å²) < 4.78 is 11.9. The highest BCUT2D eigenvalue weighted by atomic mass is 16.5. The number of nitrogens with zero attached hydrogens (tertiary/aromatic N) is 3. The largest absolute Gasteiger partial charge is 0.461 e. The van der Waals surface area contributed by atoms with E-state index in [9.17, 15) is 4.79 Å². The summed E-state index contributed by atoms with van der Waals surface area (Å²) in [4.78, 5) is 11.5. The molecule has 1 saturated heterocycles. The van der Waals surface area contributed by atoms with Gasteiger partial charge in [-0.1, -0.05) is 5.21 Å². The van der Waals surface area contributed by atoms with Gasteiger partial charge in [0.25, 0.3) is 0 Å². The van der Waals surface area contributed by atoms with Crippen LogP contribution in [-0.2, 0) is 9.47 Å². The Balaban J connectivity index is 2.19. The Morgan fingerprint density at radius 3 is 3.12 bits per heavy atom. The van der Waals surface area contributed by atoms with Crippen LogP contribution in [0.15, 0.2) is 0 Å². The third kappa shape index (κ3) is 1.92. The van der Waals surface area contributed by atoms with Gasteiger partial charge in [-0.3, -0.25) is 0 Å². The minimum atomic E-state index is -0.412. The van der Waals surface area contributed by atoms with Crippen LogP contribution in [0.5, 0.6) is 0 Å². The first kappa shape index (κ1) is 11.1. The number of carbonyl (C=O) groups excluding carboxylic acids is 1. The molecule has 88 valence electrons. The van der Waals surface area contributed by atoms with E-state index in [1.165, 1.54) is 0 Å². The van der Waals surface area contributed by atoms with Gasteiger partial charge in [0, 0.05) is 6.61 Å². The summed E-state index contributed by atoms with van der Waals surface area (Å²) in [6, 6.07) is 0.190. The highest BCUT2D eigenvalue weighted by molar-refractivity contribution is 5.88. The van der Waals surface area contributed by atoms with Gasteiger partial charge in [-0.05, 0) is 20.3 Å². The molecule has 2 rings (SSSR count). The first-order valence-corrected chi connectivity index (χ1v) is 5.40. The first-order valence-electron chi connectivity index (χ1n) is 5.40. The molecule has 0 aliphatic carbocycles. The minimum absolute atomic E-state index is 0.190. The SMILES string of the molecule is CCOC(=O)c1nnn(C2CCOC2)c1C. The van der Waals surface area contributed by atoms with Gasteiger partial charge in [0.15, 0.2) is 5.69 Å². The summed E-state index contributed by atoms with van der Waals surface area (Å²) in [5, 5.41) is 7.85. The van der Waals surface area contributed by atoms with Crippen molar-refractivity contribution in [1.82, 2.24) is 15.0 Å². The Labute approximate surface area is 93.5 Å². The van der Waals surface area contributed by atoms with Crippen molar-refractivity contribution in [2.24, 2.45) is 0 Å². The van der Waals surface area contributed by atoms with Gasteiger partial charge >= 0.3 is 5.97 Å². The lowest BCUT2D eigenvalue weighted by atomic mass is 10.2. The number of hydrogen-bond acceptors (Lipinski definition) is 5. The van der Waals surface area contributed by atoms with E-state index in [2.05, 4.69) is 10.3 Å². The summed E-state index contributed by atoms with van der Waals surface area (Å²) >= 11 is 0. The monoisotopic (exact) mass is 225 g/mol. The topological polar surface area (TPSA) is 66.2 Å². The van der Waals surface area contributed by atoms with Crippen LogP contribution in [0.2, 0.25) is 0 Å². The van der Waals surface area contributed by atoms with E-state index in [-0.39, 0.29) is 6.04 Å². The maximum absolute atomic E-state index is 11.5. The number of rotatable bonds is 3. The van der Waals surface area contributed by atoms with Gasteiger partial charge in [0.1, 0.15) is 0 Å². The van der Waals surface area contributed by atoms with Gasteiger partial charge < -0.3 is 9.47 Å². The molecule has 1 aliphatic heterocycles. The highest BCUT2D eigenvalue weighted by Gasteiger charge is 2.24. The van der Waals surface area contributed by atoms with Crippen LogP contribution in [0.25, 0.3) is 0 Å². The van der Waals surface area contributed by atoms with Gasteiger partial charge in [0.05, 0.1) is 24.9 Å². The quantitative estimate of drug-likeness (QED) is 0.709. The molecule has 6 heteroatoms. The molecule has 1 unspecified atom stereocenters. The number of hydrogen-bond donors (Lipinski definition) is 0. The van der Waals surface area contributed by atoms with Crippen LogP contribution >= 0.6 is 0 Å². The van der Waals surface area contributed by atoms with Crippen LogP contribution in [-0.4, -0.2) is 40.8 Å². The summed E-state index contributed by atoms with van der Waals surface area (Å²) in [5.74, 6) is -0.412. The van der Waals surface area contributed by atoms with Crippen molar-refractivity contribution in [3.8, 4) is 0 Å². The Bertz CT molecular complexity index is 383. The Morgan fingerprint density at radius 1 is 1.69 bits per heavy atom. The smallest absolute Gasteiger partial charge is 0.360 e. The molecule has 1 atom stereocenters. The van der Waals surface area contributed by atoms with Crippen LogP contribution in [0.1, 0.15) is 35.6 Å². The predicted molar refractivity (Wildman–Crippen MR) is 55.2 cm³/mol. The second-order valence-electron chi connectivity index (χ2n) is 3.71. The third-order valence-corrected chi connectivity index (χ3v) is 2.65. The molecule has 1 fully saturated rings. The predicted octanol–water partition coefficient (Wildman–Crippen LogP) is 0.725. The second kappa shape index (κ2) is 4.61. The van der Waals surface area contributed by atoms with Gasteiger partial charge in [-0.2, -0.15) is 0 Å². The van der Waals surface area contributed by atoms with Crippen LogP contribution in [0.3, 0.4) is 0 Å². The van der Waals surface area contributed by atoms with Gasteiger partial charge in [-0.15, -0.1) is 5.10 Å². The summed E-state index contributed by atoms with van der Waals surface area (Å²) in [5.41, 5.74) is 1.04. The zero-order valence-electron chi connectivity index (χ0n) is 9.47. The Hall–Kier alpha value is -1.43. The molecule has 0 saturated carbocycles. The van der Waals surface area contributed by atoms with E-state index >= 15 is 0 Å². The van der Waals surface area contributed by atoms with Crippen molar-refractivity contribution in [3.63, 3.8) is 0 Å². The summed E-state index contributed by atoms with van der Waals surface area (Å²) in [7, 11) is 0. The second-order valence-corrected chi connectivity index (χ2v) is 3.71. The molecule has 6 nitrogen and oxygen atoms in total. The van der Waals surface area contributed by atoms with Crippen LogP contribution in [0, 0.1) is 6.92 Å². The Kier molecular flexibility index (Phi) is 3.19. The molecule has 1 aromatic rings. The maximum Gasteiger partial charge on any atom is 0.360 e. The number of aromatic nitrogens is 3. The zero-order valence-corrected chi connectivity index (χ0v) is 9.47. The van der Waals surface area contributed by atoms with E-state index in [1.807, 2.05) is 6.92 Å². The van der Waals surface area contributed by atoms with Crippen molar-refractivity contribution in [2.45, 2.75) is 26.3 Å². The molecular weight excluding hydrogens is 210 g/mol. The molecule has 1 aromatic heterocycles. The first-order chi connectivity index (χ1) is 7.74. The van der Waals surface area contributed by atoms with Crippen LogP contribution in [0.4, 0.5) is 0 Å². The summed E-state index contributed by atoms with van der Waals surface area (Å²) in [6.07, 6.45) is 0.909. The molecule has 0 aromatic carbocycles. The fourth-order valence-corrected chi connectivity index (χ4v) is 1.79. The summed E-state index contributed by atoms with van der Waals surface area (Å²) in [6.45, 7) is 5.30. The van der Waals surface area contributed by atoms with Gasteiger partial charge in [-0.25, -0.2) is 9.48 Å². The molecule has 0 radical (unpaired) electrons. The fourth-order valence-electron chi connectivity index (χ4n) is 1.79. The standard InChI is InChI=1S/C10H15N3O3/c1-3-16-10(14)9-7(2)13(12-11-9)8-4-5-15-6-8/h8H,3-6H2,1-2H3. The van der Waals surface area contributed by atoms with E-state index in [0.717, 1.165) is 18.7 Å². The molecule has 0 amide bonds. The van der Waals surface area contributed by atoms with E-state index < -0.39 is 5.97 Å². The maximum atomic E-state index is 11.5. The normalized spacial score (nSPS) is 20.0. The van der Waals surface area contributed by atoms with E-state index in [4.69, 9.17) is 9.47 Å². The molecule has 16 heavy (non-hydrogen) atoms. The highest BCUT2D eigenvalue weighted by Crippen LogP contribution is 2.20. The lowest BCUT2D eigenvalue weighted by Crippen LogP contribution is -2.13. The number of esters is 1. The van der Waals surface area contributed by atoms with E-state index in [0.29, 0.717) is 18.9 Å². The van der Waals surface area contributed by atoms with Crippen molar-refractivity contribution in [1.29, 1.82) is 0 Å². The molecular formula is C10H15N3O3. The van der Waals surface area contributed by atoms with Crippen molar-refractivity contribution in [2.75, 3.05) is 19.8 Å². The Morgan fingerprint density at radius 2 is 2.50 bits per heavy atom. The number of carbonyl (C=O) groups is 1. The van der Waals surface area contributed by atoms with Crippen molar-refractivity contribution in [3.05, 3.63) is 11.4 Å². The third-order valence-electron chi connectivity index (χ3n) is 2.65. The number of ether oxygens (including phenoxy) is 2. The average Bonchev–Trinajstić information content (AvgIpc) is 2.86. The fraction of sp³-hybridized carbons (Fsp3) is 0.700. The lowest BCUT2D eigenvalue weighted by Gasteiger charge is -2.09. The van der Waals surface area contributed by atoms with Gasteiger partial charge in [0.2, 0.25) is 0 Å². The average molecular weight is 225 g/mol. The zero-order chi connectivity index (χ0) is 11.5. The molecule has 0 spiro atoms. The minimum Gasteiger partial charge on any atom is -0.461 e. The lowest BCUT2D eigenvalue weighted by molar-refractivity contribution is 0.0518.